The van der Waals surface area contributed by atoms with Crippen molar-refractivity contribution in [2.45, 2.75) is 20.3 Å². The number of nitrogens with zero attached hydrogens (tertiary/aromatic N) is 1. The van der Waals surface area contributed by atoms with Gasteiger partial charge in [-0.3, -0.25) is 9.10 Å². The highest BCUT2D eigenvalue weighted by Crippen LogP contribution is 2.21. The topological polar surface area (TPSA) is 75.7 Å². The van der Waals surface area contributed by atoms with Crippen LogP contribution >= 0.6 is 0 Å². The summed E-state index contributed by atoms with van der Waals surface area (Å²) in [5.74, 6) is 0.543. The molecular weight excluding hydrogens is 364 g/mol. The Labute approximate surface area is 161 Å². The summed E-state index contributed by atoms with van der Waals surface area (Å²) in [5.41, 5.74) is 2.56. The van der Waals surface area contributed by atoms with Crippen LogP contribution in [0.2, 0.25) is 0 Å². The number of amides is 1. The lowest BCUT2D eigenvalue weighted by Gasteiger charge is -2.22. The number of carbonyl (C=O) groups excluding carboxylic acids is 1. The SMILES string of the molecule is CCOc1ccc(N(CCNC(=O)Cc2cccc(C)c2)S(C)(=O)=O)cc1. The molecule has 7 heteroatoms. The van der Waals surface area contributed by atoms with Gasteiger partial charge in [0.15, 0.2) is 0 Å². The van der Waals surface area contributed by atoms with Crippen molar-refractivity contribution in [1.82, 2.24) is 5.32 Å². The van der Waals surface area contributed by atoms with Gasteiger partial charge in [0, 0.05) is 6.54 Å². The van der Waals surface area contributed by atoms with E-state index in [0.717, 1.165) is 17.4 Å². The fourth-order valence-corrected chi connectivity index (χ4v) is 3.66. The Morgan fingerprint density at radius 1 is 1.15 bits per heavy atom. The molecule has 0 bridgehead atoms. The largest absolute Gasteiger partial charge is 0.494 e. The summed E-state index contributed by atoms with van der Waals surface area (Å²) in [6, 6.07) is 14.6. The van der Waals surface area contributed by atoms with Crippen LogP contribution < -0.4 is 14.4 Å². The number of nitrogens with one attached hydrogen (secondary N) is 1. The molecule has 2 aromatic rings. The second kappa shape index (κ2) is 9.41. The first-order valence-corrected chi connectivity index (χ1v) is 10.7. The van der Waals surface area contributed by atoms with E-state index in [0.29, 0.717) is 18.0 Å². The molecule has 6 nitrogen and oxygen atoms in total. The molecule has 0 radical (unpaired) electrons. The zero-order valence-electron chi connectivity index (χ0n) is 15.9. The van der Waals surface area contributed by atoms with E-state index in [2.05, 4.69) is 5.32 Å². The predicted octanol–water partition coefficient (Wildman–Crippen LogP) is 2.52. The summed E-state index contributed by atoms with van der Waals surface area (Å²) in [5, 5.41) is 2.78. The first-order chi connectivity index (χ1) is 12.8. The average Bonchev–Trinajstić information content (AvgIpc) is 2.59. The molecule has 2 rings (SSSR count). The van der Waals surface area contributed by atoms with Gasteiger partial charge in [-0.2, -0.15) is 0 Å². The van der Waals surface area contributed by atoms with Crippen LogP contribution in [-0.2, 0) is 21.2 Å². The number of ether oxygens (including phenoxy) is 1. The van der Waals surface area contributed by atoms with Gasteiger partial charge in [-0.05, 0) is 43.7 Å². The molecule has 0 spiro atoms. The highest BCUT2D eigenvalue weighted by molar-refractivity contribution is 7.92. The van der Waals surface area contributed by atoms with Crippen molar-refractivity contribution >= 4 is 21.6 Å². The van der Waals surface area contributed by atoms with Crippen molar-refractivity contribution < 1.29 is 17.9 Å². The van der Waals surface area contributed by atoms with Gasteiger partial charge in [-0.15, -0.1) is 0 Å². The number of hydrogen-bond donors (Lipinski definition) is 1. The summed E-state index contributed by atoms with van der Waals surface area (Å²) in [4.78, 5) is 12.1. The summed E-state index contributed by atoms with van der Waals surface area (Å²) >= 11 is 0. The maximum absolute atomic E-state index is 12.1. The smallest absolute Gasteiger partial charge is 0.232 e. The third-order valence-corrected chi connectivity index (χ3v) is 5.11. The van der Waals surface area contributed by atoms with Crippen LogP contribution in [0.5, 0.6) is 5.75 Å². The summed E-state index contributed by atoms with van der Waals surface area (Å²) in [7, 11) is -3.46. The van der Waals surface area contributed by atoms with Gasteiger partial charge in [0.1, 0.15) is 5.75 Å². The minimum absolute atomic E-state index is 0.138. The Bertz CT molecular complexity index is 864. The third kappa shape index (κ3) is 6.60. The number of anilines is 1. The van der Waals surface area contributed by atoms with E-state index >= 15 is 0 Å². The molecule has 0 fully saturated rings. The molecule has 146 valence electrons. The van der Waals surface area contributed by atoms with Crippen molar-refractivity contribution in [3.63, 3.8) is 0 Å². The molecule has 27 heavy (non-hydrogen) atoms. The molecule has 0 unspecified atom stereocenters. The van der Waals surface area contributed by atoms with Crippen molar-refractivity contribution in [1.29, 1.82) is 0 Å². The lowest BCUT2D eigenvalue weighted by molar-refractivity contribution is -0.120. The number of carbonyl (C=O) groups is 1. The van der Waals surface area contributed by atoms with Crippen molar-refractivity contribution in [2.24, 2.45) is 0 Å². The number of hydrogen-bond acceptors (Lipinski definition) is 4. The Morgan fingerprint density at radius 3 is 2.44 bits per heavy atom. The molecule has 0 atom stereocenters. The quantitative estimate of drug-likeness (QED) is 0.714. The maximum atomic E-state index is 12.1. The number of aryl methyl sites for hydroxylation is 1. The molecule has 0 heterocycles. The Hall–Kier alpha value is -2.54. The van der Waals surface area contributed by atoms with E-state index in [1.165, 1.54) is 4.31 Å². The molecule has 0 saturated carbocycles. The van der Waals surface area contributed by atoms with E-state index in [1.54, 1.807) is 24.3 Å². The Kier molecular flexibility index (Phi) is 7.24. The highest BCUT2D eigenvalue weighted by Gasteiger charge is 2.17. The average molecular weight is 391 g/mol. The third-order valence-electron chi connectivity index (χ3n) is 3.92. The Morgan fingerprint density at radius 2 is 1.85 bits per heavy atom. The highest BCUT2D eigenvalue weighted by atomic mass is 32.2. The Balaban J connectivity index is 1.95. The molecular formula is C20H26N2O4S. The molecule has 1 N–H and O–H groups in total. The van der Waals surface area contributed by atoms with Gasteiger partial charge in [0.2, 0.25) is 15.9 Å². The normalized spacial score (nSPS) is 11.1. The molecule has 2 aromatic carbocycles. The van der Waals surface area contributed by atoms with E-state index in [4.69, 9.17) is 4.74 Å². The molecule has 0 aliphatic heterocycles. The summed E-state index contributed by atoms with van der Waals surface area (Å²) in [6.07, 6.45) is 1.42. The van der Waals surface area contributed by atoms with Crippen molar-refractivity contribution in [3.05, 3.63) is 59.7 Å². The standard InChI is InChI=1S/C20H26N2O4S/c1-4-26-19-10-8-18(9-11-19)22(27(3,24)25)13-12-21-20(23)15-17-7-5-6-16(2)14-17/h5-11,14H,4,12-13,15H2,1-3H3,(H,21,23). The van der Waals surface area contributed by atoms with E-state index in [-0.39, 0.29) is 25.4 Å². The van der Waals surface area contributed by atoms with Gasteiger partial charge in [-0.25, -0.2) is 8.42 Å². The monoisotopic (exact) mass is 390 g/mol. The molecule has 0 saturated heterocycles. The van der Waals surface area contributed by atoms with Crippen LogP contribution in [0.1, 0.15) is 18.1 Å². The zero-order chi connectivity index (χ0) is 19.9. The van der Waals surface area contributed by atoms with Gasteiger partial charge in [0.25, 0.3) is 0 Å². The fourth-order valence-electron chi connectivity index (χ4n) is 2.73. The van der Waals surface area contributed by atoms with Gasteiger partial charge >= 0.3 is 0 Å². The fraction of sp³-hybridized carbons (Fsp3) is 0.350. The second-order valence-corrected chi connectivity index (χ2v) is 8.18. The first-order valence-electron chi connectivity index (χ1n) is 8.82. The van der Waals surface area contributed by atoms with E-state index in [1.807, 2.05) is 38.1 Å². The van der Waals surface area contributed by atoms with Gasteiger partial charge < -0.3 is 10.1 Å². The van der Waals surface area contributed by atoms with Crippen LogP contribution in [0.3, 0.4) is 0 Å². The van der Waals surface area contributed by atoms with Crippen LogP contribution in [0, 0.1) is 6.92 Å². The second-order valence-electron chi connectivity index (χ2n) is 6.28. The van der Waals surface area contributed by atoms with Crippen LogP contribution in [0.15, 0.2) is 48.5 Å². The first kappa shape index (κ1) is 20.8. The molecule has 0 aliphatic rings. The van der Waals surface area contributed by atoms with Crippen molar-refractivity contribution in [2.75, 3.05) is 30.3 Å². The number of sulfonamides is 1. The zero-order valence-corrected chi connectivity index (χ0v) is 16.8. The molecule has 1 amide bonds. The predicted molar refractivity (Wildman–Crippen MR) is 108 cm³/mol. The summed E-state index contributed by atoms with van der Waals surface area (Å²) in [6.45, 7) is 4.79. The summed E-state index contributed by atoms with van der Waals surface area (Å²) < 4.78 is 30.9. The van der Waals surface area contributed by atoms with Gasteiger partial charge in [0.05, 0.1) is 31.5 Å². The minimum Gasteiger partial charge on any atom is -0.494 e. The number of benzene rings is 2. The number of rotatable bonds is 9. The van der Waals surface area contributed by atoms with Crippen molar-refractivity contribution in [3.8, 4) is 5.75 Å². The van der Waals surface area contributed by atoms with Gasteiger partial charge in [-0.1, -0.05) is 29.8 Å². The lowest BCUT2D eigenvalue weighted by Crippen LogP contribution is -2.38. The molecule has 0 aromatic heterocycles. The maximum Gasteiger partial charge on any atom is 0.232 e. The van der Waals surface area contributed by atoms with Crippen LogP contribution in [0.4, 0.5) is 5.69 Å². The minimum atomic E-state index is -3.46. The molecule has 0 aliphatic carbocycles. The van der Waals surface area contributed by atoms with E-state index in [9.17, 15) is 13.2 Å². The lowest BCUT2D eigenvalue weighted by atomic mass is 10.1. The van der Waals surface area contributed by atoms with Crippen LogP contribution in [-0.4, -0.2) is 40.3 Å². The van der Waals surface area contributed by atoms with Crippen LogP contribution in [0.25, 0.3) is 0 Å². The van der Waals surface area contributed by atoms with E-state index < -0.39 is 10.0 Å².